The number of hydrogen-bond acceptors (Lipinski definition) is 6. The summed E-state index contributed by atoms with van der Waals surface area (Å²) in [6, 6.07) is 0. The van der Waals surface area contributed by atoms with Gasteiger partial charge in [-0.2, -0.15) is 0 Å². The summed E-state index contributed by atoms with van der Waals surface area (Å²) in [4.78, 5) is 40.8. The van der Waals surface area contributed by atoms with Gasteiger partial charge in [0.05, 0.1) is 39.6 Å². The van der Waals surface area contributed by atoms with Crippen LogP contribution in [0.15, 0.2) is 38.0 Å². The summed E-state index contributed by atoms with van der Waals surface area (Å²) in [6.07, 6.45) is 3.75. The van der Waals surface area contributed by atoms with E-state index in [1.54, 1.807) is 14.7 Å². The molecule has 0 aliphatic carbocycles. The van der Waals surface area contributed by atoms with Crippen molar-refractivity contribution < 1.29 is 28.6 Å². The molecular weight excluding hydrogens is 390 g/mol. The minimum absolute atomic E-state index is 0.208. The Morgan fingerprint density at radius 3 is 0.867 bits per heavy atom. The molecule has 168 valence electrons. The Morgan fingerprint density at radius 2 is 0.700 bits per heavy atom. The Balaban J connectivity index is 2.73. The third-order valence-electron chi connectivity index (χ3n) is 4.49. The van der Waals surface area contributed by atoms with Crippen molar-refractivity contribution in [1.29, 1.82) is 0 Å². The molecule has 0 aromatic carbocycles. The molecule has 1 rings (SSSR count). The van der Waals surface area contributed by atoms with Gasteiger partial charge >= 0.3 is 0 Å². The van der Waals surface area contributed by atoms with Crippen LogP contribution >= 0.6 is 0 Å². The zero-order valence-electron chi connectivity index (χ0n) is 17.6. The lowest BCUT2D eigenvalue weighted by Crippen LogP contribution is -2.39. The number of hydrogen-bond donors (Lipinski definition) is 0. The molecule has 1 aliphatic heterocycles. The zero-order chi connectivity index (χ0) is 22.2. The molecule has 0 bridgehead atoms. The minimum atomic E-state index is -0.208. The van der Waals surface area contributed by atoms with Crippen molar-refractivity contribution in [2.45, 2.75) is 0 Å². The van der Waals surface area contributed by atoms with Crippen molar-refractivity contribution in [1.82, 2.24) is 14.7 Å². The largest absolute Gasteiger partial charge is 0.378 e. The van der Waals surface area contributed by atoms with Gasteiger partial charge in [-0.05, 0) is 18.2 Å². The van der Waals surface area contributed by atoms with E-state index in [9.17, 15) is 14.4 Å². The van der Waals surface area contributed by atoms with Gasteiger partial charge in [0.1, 0.15) is 0 Å². The fraction of sp³-hybridized carbons (Fsp3) is 0.571. The first-order valence-corrected chi connectivity index (χ1v) is 10.0. The lowest BCUT2D eigenvalue weighted by molar-refractivity contribution is -0.128. The van der Waals surface area contributed by atoms with E-state index in [0.29, 0.717) is 78.9 Å². The smallest absolute Gasteiger partial charge is 0.246 e. The van der Waals surface area contributed by atoms with Gasteiger partial charge in [-0.1, -0.05) is 19.7 Å². The van der Waals surface area contributed by atoms with Gasteiger partial charge in [-0.15, -0.1) is 0 Å². The number of carbonyl (C=O) groups is 3. The van der Waals surface area contributed by atoms with Crippen LogP contribution in [0.25, 0.3) is 0 Å². The molecule has 1 saturated heterocycles. The van der Waals surface area contributed by atoms with Crippen LogP contribution in [0.4, 0.5) is 0 Å². The van der Waals surface area contributed by atoms with Crippen LogP contribution in [0.2, 0.25) is 0 Å². The molecule has 1 heterocycles. The number of carbonyl (C=O) groups excluding carboxylic acids is 3. The molecule has 9 heteroatoms. The van der Waals surface area contributed by atoms with Gasteiger partial charge in [-0.25, -0.2) is 0 Å². The van der Waals surface area contributed by atoms with Crippen molar-refractivity contribution in [3.63, 3.8) is 0 Å². The van der Waals surface area contributed by atoms with Crippen LogP contribution in [-0.2, 0) is 28.6 Å². The topological polar surface area (TPSA) is 88.6 Å². The van der Waals surface area contributed by atoms with Crippen molar-refractivity contribution in [2.24, 2.45) is 0 Å². The molecule has 0 atom stereocenters. The standard InChI is InChI=1S/C21H33N3O6/c1-4-19(25)22-7-13-28-15-9-23(20(26)5-2)11-17-30-18-12-24(21(27)6-3)10-16-29-14-8-22/h4-6H,1-3,7-18H2. The fourth-order valence-electron chi connectivity index (χ4n) is 2.74. The van der Waals surface area contributed by atoms with Gasteiger partial charge in [0.25, 0.3) is 0 Å². The lowest BCUT2D eigenvalue weighted by atomic mass is 10.4. The molecule has 30 heavy (non-hydrogen) atoms. The van der Waals surface area contributed by atoms with Gasteiger partial charge in [0.2, 0.25) is 17.7 Å². The first-order valence-electron chi connectivity index (χ1n) is 10.0. The molecule has 3 amide bonds. The molecular formula is C21H33N3O6. The second kappa shape index (κ2) is 15.4. The van der Waals surface area contributed by atoms with Crippen molar-refractivity contribution in [3.8, 4) is 0 Å². The quantitative estimate of drug-likeness (QED) is 0.598. The number of amides is 3. The van der Waals surface area contributed by atoms with Gasteiger partial charge < -0.3 is 28.9 Å². The highest BCUT2D eigenvalue weighted by atomic mass is 16.5. The molecule has 0 aromatic heterocycles. The van der Waals surface area contributed by atoms with E-state index < -0.39 is 0 Å². The summed E-state index contributed by atoms with van der Waals surface area (Å²) in [5.74, 6) is -0.623. The Hall–Kier alpha value is -2.49. The zero-order valence-corrected chi connectivity index (χ0v) is 17.6. The molecule has 9 nitrogen and oxygen atoms in total. The van der Waals surface area contributed by atoms with E-state index in [0.717, 1.165) is 0 Å². The van der Waals surface area contributed by atoms with Gasteiger partial charge in [0, 0.05) is 39.3 Å². The molecule has 1 fully saturated rings. The second-order valence-corrected chi connectivity index (χ2v) is 6.43. The molecule has 0 unspecified atom stereocenters. The Bertz CT molecular complexity index is 496. The molecule has 0 N–H and O–H groups in total. The second-order valence-electron chi connectivity index (χ2n) is 6.43. The maximum Gasteiger partial charge on any atom is 0.246 e. The van der Waals surface area contributed by atoms with Crippen molar-refractivity contribution >= 4 is 17.7 Å². The summed E-state index contributed by atoms with van der Waals surface area (Å²) in [5, 5.41) is 0. The summed E-state index contributed by atoms with van der Waals surface area (Å²) < 4.78 is 16.8. The van der Waals surface area contributed by atoms with E-state index in [1.165, 1.54) is 18.2 Å². The molecule has 0 radical (unpaired) electrons. The average Bonchev–Trinajstić information content (AvgIpc) is 2.77. The van der Waals surface area contributed by atoms with E-state index in [4.69, 9.17) is 14.2 Å². The molecule has 1 aliphatic rings. The van der Waals surface area contributed by atoms with Gasteiger partial charge in [-0.3, -0.25) is 14.4 Å². The number of rotatable bonds is 3. The van der Waals surface area contributed by atoms with Crippen LogP contribution in [0.3, 0.4) is 0 Å². The maximum atomic E-state index is 12.0. The summed E-state index contributed by atoms with van der Waals surface area (Å²) in [6.45, 7) is 14.8. The Morgan fingerprint density at radius 1 is 0.500 bits per heavy atom. The average molecular weight is 424 g/mol. The van der Waals surface area contributed by atoms with E-state index in [-0.39, 0.29) is 17.7 Å². The minimum Gasteiger partial charge on any atom is -0.378 e. The number of nitrogens with zero attached hydrogens (tertiary/aromatic N) is 3. The highest BCUT2D eigenvalue weighted by molar-refractivity contribution is 5.87. The van der Waals surface area contributed by atoms with Crippen LogP contribution in [0, 0.1) is 0 Å². The predicted molar refractivity (Wildman–Crippen MR) is 113 cm³/mol. The summed E-state index contributed by atoms with van der Waals surface area (Å²) in [7, 11) is 0. The summed E-state index contributed by atoms with van der Waals surface area (Å²) >= 11 is 0. The van der Waals surface area contributed by atoms with E-state index in [1.807, 2.05) is 0 Å². The van der Waals surface area contributed by atoms with E-state index in [2.05, 4.69) is 19.7 Å². The molecule has 0 saturated carbocycles. The molecule has 0 aromatic rings. The summed E-state index contributed by atoms with van der Waals surface area (Å²) in [5.41, 5.74) is 0. The highest BCUT2D eigenvalue weighted by Crippen LogP contribution is 1.98. The third-order valence-corrected chi connectivity index (χ3v) is 4.49. The van der Waals surface area contributed by atoms with Crippen molar-refractivity contribution in [2.75, 3.05) is 78.9 Å². The molecule has 0 spiro atoms. The first-order chi connectivity index (χ1) is 14.5. The SMILES string of the molecule is C=CC(=O)N1CCOCCN(C(=O)C=C)CCOCCN(C(=O)C=C)CCOCC1. The highest BCUT2D eigenvalue weighted by Gasteiger charge is 2.14. The van der Waals surface area contributed by atoms with Crippen molar-refractivity contribution in [3.05, 3.63) is 38.0 Å². The van der Waals surface area contributed by atoms with Crippen LogP contribution in [0.5, 0.6) is 0 Å². The normalized spacial score (nSPS) is 18.6. The fourth-order valence-corrected chi connectivity index (χ4v) is 2.74. The Labute approximate surface area is 178 Å². The Kier molecular flexibility index (Phi) is 13.1. The number of ether oxygens (including phenoxy) is 3. The van der Waals surface area contributed by atoms with Crippen LogP contribution in [-0.4, -0.2) is 111 Å². The monoisotopic (exact) mass is 423 g/mol. The van der Waals surface area contributed by atoms with Crippen LogP contribution < -0.4 is 0 Å². The third kappa shape index (κ3) is 9.82. The van der Waals surface area contributed by atoms with Gasteiger partial charge in [0.15, 0.2) is 0 Å². The maximum absolute atomic E-state index is 12.0. The van der Waals surface area contributed by atoms with Crippen LogP contribution in [0.1, 0.15) is 0 Å². The predicted octanol–water partition coefficient (Wildman–Crippen LogP) is 0.0936. The van der Waals surface area contributed by atoms with E-state index >= 15 is 0 Å². The first kappa shape index (κ1) is 25.5. The lowest BCUT2D eigenvalue weighted by Gasteiger charge is -2.25.